The maximum atomic E-state index is 11.0. The van der Waals surface area contributed by atoms with Gasteiger partial charge in [-0.2, -0.15) is 0 Å². The first-order chi connectivity index (χ1) is 6.66. The average Bonchev–Trinajstić information content (AvgIpc) is 2.19. The van der Waals surface area contributed by atoms with Crippen molar-refractivity contribution in [1.82, 2.24) is 4.90 Å². The van der Waals surface area contributed by atoms with Crippen LogP contribution in [0.3, 0.4) is 0 Å². The van der Waals surface area contributed by atoms with Gasteiger partial charge in [0.2, 0.25) is 0 Å². The number of rotatable bonds is 3. The highest BCUT2D eigenvalue weighted by Crippen LogP contribution is 2.21. The summed E-state index contributed by atoms with van der Waals surface area (Å²) in [5.74, 6) is 0. The molecule has 0 saturated heterocycles. The minimum Gasteiger partial charge on any atom is -0.299 e. The van der Waals surface area contributed by atoms with E-state index in [4.69, 9.17) is 11.6 Å². The number of benzene rings is 1. The van der Waals surface area contributed by atoms with E-state index >= 15 is 0 Å². The summed E-state index contributed by atoms with van der Waals surface area (Å²) in [4.78, 5) is 12.4. The van der Waals surface area contributed by atoms with Gasteiger partial charge in [0.1, 0.15) is 0 Å². The minimum absolute atomic E-state index is 0.0845. The summed E-state index contributed by atoms with van der Waals surface area (Å²) >= 11 is 5.40. The molecule has 0 spiro atoms. The van der Waals surface area contributed by atoms with Crippen molar-refractivity contribution in [1.29, 1.82) is 0 Å². The van der Waals surface area contributed by atoms with Crippen molar-refractivity contribution in [3.05, 3.63) is 48.7 Å². The van der Waals surface area contributed by atoms with Crippen molar-refractivity contribution in [2.24, 2.45) is 0 Å². The van der Waals surface area contributed by atoms with Crippen LogP contribution in [0, 0.1) is 0 Å². The SMILES string of the molecule is C=CN(C(=O)Cl)[C@@H](C)c1ccccc1. The van der Waals surface area contributed by atoms with Gasteiger partial charge in [0, 0.05) is 6.20 Å². The molecule has 2 nitrogen and oxygen atoms in total. The molecule has 0 bridgehead atoms. The van der Waals surface area contributed by atoms with Crippen molar-refractivity contribution < 1.29 is 4.79 Å². The summed E-state index contributed by atoms with van der Waals surface area (Å²) in [5.41, 5.74) is 1.03. The van der Waals surface area contributed by atoms with Gasteiger partial charge in [0.15, 0.2) is 0 Å². The third kappa shape index (κ3) is 2.36. The number of halogens is 1. The van der Waals surface area contributed by atoms with Gasteiger partial charge in [-0.1, -0.05) is 36.9 Å². The van der Waals surface area contributed by atoms with E-state index in [0.717, 1.165) is 5.56 Å². The van der Waals surface area contributed by atoms with E-state index in [9.17, 15) is 4.79 Å². The zero-order chi connectivity index (χ0) is 10.6. The van der Waals surface area contributed by atoms with E-state index in [0.29, 0.717) is 0 Å². The summed E-state index contributed by atoms with van der Waals surface area (Å²) in [7, 11) is 0. The van der Waals surface area contributed by atoms with Crippen LogP contribution in [0.2, 0.25) is 0 Å². The largest absolute Gasteiger partial charge is 0.320 e. The van der Waals surface area contributed by atoms with Crippen molar-refractivity contribution >= 4 is 17.0 Å². The number of hydrogen-bond acceptors (Lipinski definition) is 1. The molecule has 0 heterocycles. The predicted molar refractivity (Wildman–Crippen MR) is 58.1 cm³/mol. The molecule has 0 N–H and O–H groups in total. The normalized spacial score (nSPS) is 11.9. The quantitative estimate of drug-likeness (QED) is 0.551. The lowest BCUT2D eigenvalue weighted by Gasteiger charge is -2.23. The summed E-state index contributed by atoms with van der Waals surface area (Å²) in [6.07, 6.45) is 1.44. The summed E-state index contributed by atoms with van der Waals surface area (Å²) in [6.45, 7) is 5.45. The van der Waals surface area contributed by atoms with Gasteiger partial charge >= 0.3 is 5.37 Å². The van der Waals surface area contributed by atoms with E-state index in [1.807, 2.05) is 37.3 Å². The molecule has 3 heteroatoms. The van der Waals surface area contributed by atoms with Crippen LogP contribution in [0.25, 0.3) is 0 Å². The van der Waals surface area contributed by atoms with Crippen molar-refractivity contribution in [2.45, 2.75) is 13.0 Å². The lowest BCUT2D eigenvalue weighted by atomic mass is 10.1. The highest BCUT2D eigenvalue weighted by Gasteiger charge is 2.16. The topological polar surface area (TPSA) is 20.3 Å². The average molecular weight is 210 g/mol. The molecule has 0 radical (unpaired) electrons. The van der Waals surface area contributed by atoms with Crippen LogP contribution in [0.1, 0.15) is 18.5 Å². The Bertz CT molecular complexity index is 323. The third-order valence-electron chi connectivity index (χ3n) is 2.10. The van der Waals surface area contributed by atoms with Crippen LogP contribution >= 0.6 is 11.6 Å². The molecule has 0 aliphatic rings. The minimum atomic E-state index is -0.517. The molecule has 1 aromatic rings. The molecule has 0 aromatic heterocycles. The number of carbonyl (C=O) groups excluding carboxylic acids is 1. The highest BCUT2D eigenvalue weighted by atomic mass is 35.5. The zero-order valence-electron chi connectivity index (χ0n) is 7.98. The van der Waals surface area contributed by atoms with Crippen LogP contribution in [0.15, 0.2) is 43.1 Å². The Kier molecular flexibility index (Phi) is 3.72. The fourth-order valence-corrected chi connectivity index (χ4v) is 1.49. The molecule has 1 aromatic carbocycles. The molecule has 0 unspecified atom stereocenters. The third-order valence-corrected chi connectivity index (χ3v) is 2.29. The van der Waals surface area contributed by atoms with Crippen molar-refractivity contribution in [2.75, 3.05) is 0 Å². The van der Waals surface area contributed by atoms with Crippen LogP contribution in [0.5, 0.6) is 0 Å². The van der Waals surface area contributed by atoms with Gasteiger partial charge in [0.25, 0.3) is 0 Å². The first-order valence-electron chi connectivity index (χ1n) is 4.32. The van der Waals surface area contributed by atoms with Crippen molar-refractivity contribution in [3.63, 3.8) is 0 Å². The molecule has 0 aliphatic carbocycles. The second kappa shape index (κ2) is 4.82. The first-order valence-corrected chi connectivity index (χ1v) is 4.70. The number of amides is 1. The molecule has 0 aliphatic heterocycles. The summed E-state index contributed by atoms with van der Waals surface area (Å²) in [5, 5.41) is -0.517. The summed E-state index contributed by atoms with van der Waals surface area (Å²) < 4.78 is 0. The van der Waals surface area contributed by atoms with Gasteiger partial charge in [-0.15, -0.1) is 0 Å². The van der Waals surface area contributed by atoms with Gasteiger partial charge in [-0.25, -0.2) is 0 Å². The highest BCUT2D eigenvalue weighted by molar-refractivity contribution is 6.63. The molecule has 0 fully saturated rings. The Morgan fingerprint density at radius 3 is 2.50 bits per heavy atom. The van der Waals surface area contributed by atoms with Crippen LogP contribution in [-0.4, -0.2) is 10.3 Å². The standard InChI is InChI=1S/C11H12ClNO/c1-3-13(11(12)14)9(2)10-7-5-4-6-8-10/h3-9H,1H2,2H3/t9-/m0/s1. The maximum absolute atomic E-state index is 11.0. The fraction of sp³-hybridized carbons (Fsp3) is 0.182. The van der Waals surface area contributed by atoms with Gasteiger partial charge in [-0.05, 0) is 24.1 Å². The molecule has 1 rings (SSSR count). The first kappa shape index (κ1) is 10.8. The Morgan fingerprint density at radius 2 is 2.07 bits per heavy atom. The second-order valence-electron chi connectivity index (χ2n) is 2.93. The molecule has 1 atom stereocenters. The molecule has 0 saturated carbocycles. The van der Waals surface area contributed by atoms with E-state index in [2.05, 4.69) is 6.58 Å². The molecule has 74 valence electrons. The molecule has 1 amide bonds. The van der Waals surface area contributed by atoms with Crippen LogP contribution in [0.4, 0.5) is 4.79 Å². The molecular weight excluding hydrogens is 198 g/mol. The predicted octanol–water partition coefficient (Wildman–Crippen LogP) is 3.55. The summed E-state index contributed by atoms with van der Waals surface area (Å²) in [6, 6.07) is 9.58. The van der Waals surface area contributed by atoms with E-state index in [-0.39, 0.29) is 6.04 Å². The zero-order valence-corrected chi connectivity index (χ0v) is 8.74. The van der Waals surface area contributed by atoms with Crippen molar-refractivity contribution in [3.8, 4) is 0 Å². The number of hydrogen-bond donors (Lipinski definition) is 0. The number of nitrogens with zero attached hydrogens (tertiary/aromatic N) is 1. The van der Waals surface area contributed by atoms with Gasteiger partial charge in [-0.3, -0.25) is 9.69 Å². The lowest BCUT2D eigenvalue weighted by Crippen LogP contribution is -2.23. The molecular formula is C11H12ClNO. The molecule has 14 heavy (non-hydrogen) atoms. The van der Waals surface area contributed by atoms with Gasteiger partial charge in [0.05, 0.1) is 6.04 Å². The second-order valence-corrected chi connectivity index (χ2v) is 3.25. The van der Waals surface area contributed by atoms with E-state index in [1.54, 1.807) is 0 Å². The van der Waals surface area contributed by atoms with Gasteiger partial charge < -0.3 is 0 Å². The smallest absolute Gasteiger partial charge is 0.299 e. The monoisotopic (exact) mass is 209 g/mol. The van der Waals surface area contributed by atoms with Crippen LogP contribution in [-0.2, 0) is 0 Å². The Morgan fingerprint density at radius 1 is 1.50 bits per heavy atom. The Labute approximate surface area is 88.8 Å². The van der Waals surface area contributed by atoms with Crippen LogP contribution < -0.4 is 0 Å². The van der Waals surface area contributed by atoms with E-state index < -0.39 is 5.37 Å². The Hall–Kier alpha value is -1.28. The maximum Gasteiger partial charge on any atom is 0.320 e. The fourth-order valence-electron chi connectivity index (χ4n) is 1.27. The number of carbonyl (C=O) groups is 1. The Balaban J connectivity index is 2.88. The van der Waals surface area contributed by atoms with E-state index in [1.165, 1.54) is 11.1 Å². The lowest BCUT2D eigenvalue weighted by molar-refractivity contribution is 0.227.